The van der Waals surface area contributed by atoms with E-state index in [1.807, 2.05) is 0 Å². The van der Waals surface area contributed by atoms with Crippen molar-refractivity contribution in [3.05, 3.63) is 16.7 Å². The molecule has 2 heterocycles. The number of hydrogen-bond donors (Lipinski definition) is 4. The summed E-state index contributed by atoms with van der Waals surface area (Å²) in [7, 11) is 0. The highest BCUT2D eigenvalue weighted by molar-refractivity contribution is 5.85. The van der Waals surface area contributed by atoms with Crippen LogP contribution in [-0.4, -0.2) is 26.5 Å². The molecule has 19 heavy (non-hydrogen) atoms. The van der Waals surface area contributed by atoms with Crippen LogP contribution < -0.4 is 17.0 Å². The van der Waals surface area contributed by atoms with Gasteiger partial charge in [0.2, 0.25) is 5.95 Å². The number of anilines is 1. The predicted octanol–water partition coefficient (Wildman–Crippen LogP) is 2.22. The SMILES string of the molecule is CCCCCCNc1nc2nc[nH]c2c(=O)[nH]1.Cl.N. The van der Waals surface area contributed by atoms with Crippen molar-refractivity contribution in [1.29, 1.82) is 0 Å². The van der Waals surface area contributed by atoms with Crippen LogP contribution in [0.1, 0.15) is 32.6 Å². The molecule has 0 spiro atoms. The number of nitrogens with zero attached hydrogens (tertiary/aromatic N) is 2. The molecule has 2 rings (SSSR count). The van der Waals surface area contributed by atoms with Crippen LogP contribution in [0.25, 0.3) is 11.2 Å². The van der Waals surface area contributed by atoms with Crippen molar-refractivity contribution < 1.29 is 0 Å². The van der Waals surface area contributed by atoms with Crippen LogP contribution in [0.2, 0.25) is 0 Å². The maximum absolute atomic E-state index is 11.6. The van der Waals surface area contributed by atoms with Gasteiger partial charge in [-0.2, -0.15) is 4.98 Å². The van der Waals surface area contributed by atoms with E-state index in [0.717, 1.165) is 13.0 Å². The predicted molar refractivity (Wildman–Crippen MR) is 79.4 cm³/mol. The molecular weight excluding hydrogens is 268 g/mol. The zero-order valence-corrected chi connectivity index (χ0v) is 11.8. The fourth-order valence-corrected chi connectivity index (χ4v) is 1.69. The van der Waals surface area contributed by atoms with E-state index in [4.69, 9.17) is 0 Å². The minimum atomic E-state index is -0.191. The zero-order chi connectivity index (χ0) is 12.1. The summed E-state index contributed by atoms with van der Waals surface area (Å²) in [6.45, 7) is 3.00. The number of rotatable bonds is 6. The van der Waals surface area contributed by atoms with Gasteiger partial charge in [-0.1, -0.05) is 26.2 Å². The van der Waals surface area contributed by atoms with Gasteiger partial charge >= 0.3 is 0 Å². The Labute approximate surface area is 117 Å². The first kappa shape index (κ1) is 17.4. The molecule has 0 unspecified atom stereocenters. The summed E-state index contributed by atoms with van der Waals surface area (Å²) in [4.78, 5) is 25.2. The molecule has 2 aromatic heterocycles. The summed E-state index contributed by atoms with van der Waals surface area (Å²) in [6.07, 6.45) is 6.20. The summed E-state index contributed by atoms with van der Waals surface area (Å²) in [5.74, 6) is 0.492. The first-order valence-corrected chi connectivity index (χ1v) is 5.98. The van der Waals surface area contributed by atoms with Gasteiger partial charge in [0, 0.05) is 6.54 Å². The van der Waals surface area contributed by atoms with Crippen LogP contribution in [0.4, 0.5) is 5.95 Å². The number of unbranched alkanes of at least 4 members (excludes halogenated alkanes) is 3. The standard InChI is InChI=1S/C11H17N5O.ClH.H3N/c1-2-3-4-5-6-12-11-15-9-8(10(17)16-11)13-7-14-9;;/h7H,2-6H2,1H3,(H3,12,13,14,15,16,17);1H;1H3. The third-order valence-electron chi connectivity index (χ3n) is 2.62. The van der Waals surface area contributed by atoms with E-state index in [0.29, 0.717) is 17.1 Å². The van der Waals surface area contributed by atoms with Gasteiger partial charge in [-0.15, -0.1) is 12.4 Å². The Balaban J connectivity index is 0.00000162. The number of fused-ring (bicyclic) bond motifs is 1. The van der Waals surface area contributed by atoms with Gasteiger partial charge in [-0.25, -0.2) is 4.98 Å². The van der Waals surface area contributed by atoms with Crippen LogP contribution in [0, 0.1) is 0 Å². The number of aromatic nitrogens is 4. The zero-order valence-electron chi connectivity index (χ0n) is 11.0. The largest absolute Gasteiger partial charge is 0.356 e. The van der Waals surface area contributed by atoms with E-state index < -0.39 is 0 Å². The van der Waals surface area contributed by atoms with Gasteiger partial charge in [-0.05, 0) is 6.42 Å². The summed E-state index contributed by atoms with van der Waals surface area (Å²) in [5.41, 5.74) is 0.676. The van der Waals surface area contributed by atoms with E-state index >= 15 is 0 Å². The van der Waals surface area contributed by atoms with E-state index in [-0.39, 0.29) is 24.1 Å². The number of nitrogens with one attached hydrogen (secondary N) is 3. The fourth-order valence-electron chi connectivity index (χ4n) is 1.69. The lowest BCUT2D eigenvalue weighted by Gasteiger charge is -2.04. The van der Waals surface area contributed by atoms with Crippen LogP contribution in [0.3, 0.4) is 0 Å². The molecule has 0 aliphatic heterocycles. The molecule has 6 N–H and O–H groups in total. The lowest BCUT2D eigenvalue weighted by atomic mass is 10.2. The molecule has 0 aliphatic carbocycles. The van der Waals surface area contributed by atoms with Crippen LogP contribution in [-0.2, 0) is 0 Å². The maximum Gasteiger partial charge on any atom is 0.278 e. The highest BCUT2D eigenvalue weighted by Crippen LogP contribution is 2.04. The average molecular weight is 289 g/mol. The monoisotopic (exact) mass is 288 g/mol. The molecule has 0 amide bonds. The molecular formula is C11H21ClN6O. The van der Waals surface area contributed by atoms with Gasteiger partial charge in [0.1, 0.15) is 0 Å². The topological polar surface area (TPSA) is 121 Å². The van der Waals surface area contributed by atoms with Crippen molar-refractivity contribution in [3.63, 3.8) is 0 Å². The number of hydrogen-bond acceptors (Lipinski definition) is 5. The van der Waals surface area contributed by atoms with E-state index in [1.54, 1.807) is 0 Å². The number of aromatic amines is 2. The van der Waals surface area contributed by atoms with Crippen LogP contribution >= 0.6 is 12.4 Å². The Morgan fingerprint density at radius 2 is 2.11 bits per heavy atom. The van der Waals surface area contributed by atoms with Crippen molar-refractivity contribution in [1.82, 2.24) is 26.1 Å². The van der Waals surface area contributed by atoms with E-state index in [1.165, 1.54) is 25.6 Å². The Morgan fingerprint density at radius 1 is 1.32 bits per heavy atom. The number of H-pyrrole nitrogens is 2. The Hall–Kier alpha value is -1.60. The maximum atomic E-state index is 11.6. The molecule has 0 radical (unpaired) electrons. The van der Waals surface area contributed by atoms with Crippen molar-refractivity contribution in [3.8, 4) is 0 Å². The second-order valence-electron chi connectivity index (χ2n) is 4.00. The Bertz CT molecular complexity index is 537. The smallest absolute Gasteiger partial charge is 0.278 e. The molecule has 0 saturated heterocycles. The summed E-state index contributed by atoms with van der Waals surface area (Å²) < 4.78 is 0. The summed E-state index contributed by atoms with van der Waals surface area (Å²) in [6, 6.07) is 0. The minimum absolute atomic E-state index is 0. The fraction of sp³-hybridized carbons (Fsp3) is 0.545. The van der Waals surface area contributed by atoms with Gasteiger partial charge in [0.15, 0.2) is 11.2 Å². The quantitative estimate of drug-likeness (QED) is 0.607. The average Bonchev–Trinajstić information content (AvgIpc) is 2.77. The van der Waals surface area contributed by atoms with Crippen molar-refractivity contribution in [2.24, 2.45) is 0 Å². The van der Waals surface area contributed by atoms with Crippen molar-refractivity contribution >= 4 is 29.5 Å². The molecule has 2 aromatic rings. The number of imidazole rings is 1. The highest BCUT2D eigenvalue weighted by Gasteiger charge is 2.04. The van der Waals surface area contributed by atoms with Gasteiger partial charge in [0.05, 0.1) is 6.33 Å². The van der Waals surface area contributed by atoms with Gasteiger partial charge in [-0.3, -0.25) is 9.78 Å². The van der Waals surface area contributed by atoms with E-state index in [2.05, 4.69) is 32.2 Å². The number of halogens is 1. The molecule has 8 heteroatoms. The first-order valence-electron chi connectivity index (χ1n) is 5.98. The molecule has 0 atom stereocenters. The highest BCUT2D eigenvalue weighted by atomic mass is 35.5. The van der Waals surface area contributed by atoms with Crippen molar-refractivity contribution in [2.75, 3.05) is 11.9 Å². The molecule has 0 saturated carbocycles. The minimum Gasteiger partial charge on any atom is -0.356 e. The van der Waals surface area contributed by atoms with Gasteiger partial charge in [0.25, 0.3) is 5.56 Å². The van der Waals surface area contributed by atoms with Crippen LogP contribution in [0.5, 0.6) is 0 Å². The Kier molecular flexibility index (Phi) is 7.78. The first-order chi connectivity index (χ1) is 8.31. The molecule has 108 valence electrons. The molecule has 0 aromatic carbocycles. The second kappa shape index (κ2) is 8.49. The van der Waals surface area contributed by atoms with Crippen molar-refractivity contribution in [2.45, 2.75) is 32.6 Å². The lowest BCUT2D eigenvalue weighted by Crippen LogP contribution is -2.14. The van der Waals surface area contributed by atoms with Gasteiger partial charge < -0.3 is 16.5 Å². The van der Waals surface area contributed by atoms with E-state index in [9.17, 15) is 4.79 Å². The molecule has 0 fully saturated rings. The summed E-state index contributed by atoms with van der Waals surface area (Å²) >= 11 is 0. The third-order valence-corrected chi connectivity index (χ3v) is 2.62. The summed E-state index contributed by atoms with van der Waals surface area (Å²) in [5, 5.41) is 3.11. The van der Waals surface area contributed by atoms with Crippen LogP contribution in [0.15, 0.2) is 11.1 Å². The molecule has 0 bridgehead atoms. The molecule has 0 aliphatic rings. The lowest BCUT2D eigenvalue weighted by molar-refractivity contribution is 0.683. The normalized spacial score (nSPS) is 9.74. The second-order valence-corrected chi connectivity index (χ2v) is 4.00. The molecule has 7 nitrogen and oxygen atoms in total. The Morgan fingerprint density at radius 3 is 2.84 bits per heavy atom. The third kappa shape index (κ3) is 4.53.